The first-order valence-corrected chi connectivity index (χ1v) is 13.0. The Balaban J connectivity index is 1.64. The molecule has 1 atom stereocenters. The van der Waals surface area contributed by atoms with Crippen LogP contribution in [0.15, 0.2) is 78.4 Å². The number of aliphatic hydroxyl groups is 1. The van der Waals surface area contributed by atoms with Crippen LogP contribution < -0.4 is 4.74 Å². The van der Waals surface area contributed by atoms with Gasteiger partial charge in [-0.05, 0) is 60.2 Å². The van der Waals surface area contributed by atoms with Crippen LogP contribution in [0.3, 0.4) is 0 Å². The molecule has 1 N–H and O–H groups in total. The normalized spacial score (nSPS) is 16.9. The molecule has 6 nitrogen and oxygen atoms in total. The molecule has 6 heteroatoms. The molecule has 4 rings (SSSR count). The molecule has 0 bridgehead atoms. The van der Waals surface area contributed by atoms with E-state index in [2.05, 4.69) is 19.9 Å². The minimum atomic E-state index is -0.683. The summed E-state index contributed by atoms with van der Waals surface area (Å²) in [5, 5.41) is 11.3. The van der Waals surface area contributed by atoms with E-state index in [0.29, 0.717) is 43.4 Å². The average Bonchev–Trinajstić information content (AvgIpc) is 3.17. The number of ether oxygens (including phenoxy) is 2. The fourth-order valence-electron chi connectivity index (χ4n) is 4.73. The molecule has 1 fully saturated rings. The first-order valence-electron chi connectivity index (χ1n) is 13.0. The molecule has 0 aliphatic carbocycles. The zero-order valence-corrected chi connectivity index (χ0v) is 22.4. The van der Waals surface area contributed by atoms with Gasteiger partial charge >= 0.3 is 0 Å². The summed E-state index contributed by atoms with van der Waals surface area (Å²) in [5.74, 6) is -0.496. The Bertz CT molecular complexity index is 1310. The van der Waals surface area contributed by atoms with Crippen molar-refractivity contribution < 1.29 is 24.2 Å². The standard InChI is InChI=1S/C32H35NO5/c1-21(2)24-9-11-25(12-10-24)29-28(31(35)32(36)33(29)17-6-18-37-4)30(34)26-13-15-27(16-14-26)38-20-23-8-5-7-22(3)19-23/h5,7-16,19,21,29,34H,6,17-18,20H2,1-4H3/b30-28+. The number of hydrogen-bond donors (Lipinski definition) is 1. The van der Waals surface area contributed by atoms with E-state index in [9.17, 15) is 14.7 Å². The van der Waals surface area contributed by atoms with Crippen LogP contribution in [0, 0.1) is 6.92 Å². The topological polar surface area (TPSA) is 76.1 Å². The van der Waals surface area contributed by atoms with Crippen LogP contribution in [-0.4, -0.2) is 42.0 Å². The highest BCUT2D eigenvalue weighted by molar-refractivity contribution is 6.46. The van der Waals surface area contributed by atoms with Crippen molar-refractivity contribution in [3.63, 3.8) is 0 Å². The van der Waals surface area contributed by atoms with Crippen LogP contribution in [0.25, 0.3) is 5.76 Å². The Morgan fingerprint density at radius 1 is 1.00 bits per heavy atom. The molecular weight excluding hydrogens is 478 g/mol. The molecule has 1 aliphatic heterocycles. The van der Waals surface area contributed by atoms with Gasteiger partial charge in [0.25, 0.3) is 11.7 Å². The Morgan fingerprint density at radius 3 is 2.34 bits per heavy atom. The lowest BCUT2D eigenvalue weighted by Gasteiger charge is -2.25. The van der Waals surface area contributed by atoms with Gasteiger partial charge in [-0.2, -0.15) is 0 Å². The molecule has 1 amide bonds. The molecule has 1 unspecified atom stereocenters. The number of benzene rings is 3. The van der Waals surface area contributed by atoms with E-state index >= 15 is 0 Å². The van der Waals surface area contributed by atoms with Crippen LogP contribution in [0.5, 0.6) is 5.75 Å². The van der Waals surface area contributed by atoms with Crippen LogP contribution in [0.2, 0.25) is 0 Å². The van der Waals surface area contributed by atoms with E-state index in [0.717, 1.165) is 16.7 Å². The summed E-state index contributed by atoms with van der Waals surface area (Å²) in [4.78, 5) is 27.8. The zero-order valence-electron chi connectivity index (χ0n) is 22.4. The molecule has 198 valence electrons. The highest BCUT2D eigenvalue weighted by Crippen LogP contribution is 2.40. The van der Waals surface area contributed by atoms with Crippen LogP contribution >= 0.6 is 0 Å². The van der Waals surface area contributed by atoms with E-state index < -0.39 is 17.7 Å². The van der Waals surface area contributed by atoms with Crippen molar-refractivity contribution in [2.45, 2.75) is 45.8 Å². The average molecular weight is 514 g/mol. The highest BCUT2D eigenvalue weighted by Gasteiger charge is 2.45. The molecule has 0 aromatic heterocycles. The largest absolute Gasteiger partial charge is 0.507 e. The second-order valence-electron chi connectivity index (χ2n) is 9.96. The quantitative estimate of drug-likeness (QED) is 0.152. The predicted octanol–water partition coefficient (Wildman–Crippen LogP) is 6.16. The van der Waals surface area contributed by atoms with Crippen molar-refractivity contribution in [2.24, 2.45) is 0 Å². The third kappa shape index (κ3) is 5.97. The van der Waals surface area contributed by atoms with Crippen molar-refractivity contribution in [2.75, 3.05) is 20.3 Å². The van der Waals surface area contributed by atoms with Crippen LogP contribution in [0.4, 0.5) is 0 Å². The highest BCUT2D eigenvalue weighted by atomic mass is 16.5. The molecule has 0 radical (unpaired) electrons. The van der Waals surface area contributed by atoms with E-state index in [1.54, 1.807) is 31.4 Å². The molecule has 1 aliphatic rings. The maximum atomic E-state index is 13.2. The lowest BCUT2D eigenvalue weighted by Crippen LogP contribution is -2.31. The molecule has 0 saturated carbocycles. The van der Waals surface area contributed by atoms with Crippen molar-refractivity contribution in [1.29, 1.82) is 0 Å². The second kappa shape index (κ2) is 12.1. The third-order valence-electron chi connectivity index (χ3n) is 6.82. The van der Waals surface area contributed by atoms with Gasteiger partial charge in [-0.25, -0.2) is 0 Å². The van der Waals surface area contributed by atoms with Crippen LogP contribution in [-0.2, 0) is 20.9 Å². The van der Waals surface area contributed by atoms with Crippen molar-refractivity contribution in [3.8, 4) is 5.75 Å². The smallest absolute Gasteiger partial charge is 0.295 e. The third-order valence-corrected chi connectivity index (χ3v) is 6.82. The summed E-state index contributed by atoms with van der Waals surface area (Å²) in [5.41, 5.74) is 4.72. The van der Waals surface area contributed by atoms with Crippen molar-refractivity contribution in [3.05, 3.63) is 106 Å². The van der Waals surface area contributed by atoms with Gasteiger partial charge in [0.05, 0.1) is 11.6 Å². The maximum absolute atomic E-state index is 13.2. The lowest BCUT2D eigenvalue weighted by atomic mass is 9.93. The number of ketones is 1. The van der Waals surface area contributed by atoms with Gasteiger partial charge in [-0.3, -0.25) is 9.59 Å². The number of aryl methyl sites for hydroxylation is 1. The molecule has 38 heavy (non-hydrogen) atoms. The zero-order chi connectivity index (χ0) is 27.2. The number of carbonyl (C=O) groups excluding carboxylic acids is 2. The monoisotopic (exact) mass is 513 g/mol. The van der Waals surface area contributed by atoms with Crippen molar-refractivity contribution >= 4 is 17.4 Å². The summed E-state index contributed by atoms with van der Waals surface area (Å²) >= 11 is 0. The van der Waals surface area contributed by atoms with Crippen LogP contribution in [0.1, 0.15) is 60.0 Å². The van der Waals surface area contributed by atoms with Gasteiger partial charge in [0.1, 0.15) is 18.1 Å². The van der Waals surface area contributed by atoms with Gasteiger partial charge < -0.3 is 19.5 Å². The maximum Gasteiger partial charge on any atom is 0.295 e. The summed E-state index contributed by atoms with van der Waals surface area (Å²) in [6.45, 7) is 7.49. The molecule has 1 saturated heterocycles. The Morgan fingerprint density at radius 2 is 1.71 bits per heavy atom. The fourth-order valence-corrected chi connectivity index (χ4v) is 4.73. The number of nitrogens with zero attached hydrogens (tertiary/aromatic N) is 1. The number of methoxy groups -OCH3 is 1. The molecule has 3 aromatic rings. The predicted molar refractivity (Wildman–Crippen MR) is 148 cm³/mol. The Labute approximate surface area is 224 Å². The number of hydrogen-bond acceptors (Lipinski definition) is 5. The SMILES string of the molecule is COCCCN1C(=O)C(=O)/C(=C(/O)c2ccc(OCc3cccc(C)c3)cc2)C1c1ccc(C(C)C)cc1. The molecular formula is C32H35NO5. The molecule has 3 aromatic carbocycles. The van der Waals surface area contributed by atoms with Gasteiger partial charge in [-0.15, -0.1) is 0 Å². The van der Waals surface area contributed by atoms with Gasteiger partial charge in [0.2, 0.25) is 0 Å². The first kappa shape index (κ1) is 27.1. The van der Waals surface area contributed by atoms with Gasteiger partial charge in [-0.1, -0.05) is 67.9 Å². The molecule has 1 heterocycles. The minimum Gasteiger partial charge on any atom is -0.507 e. The summed E-state index contributed by atoms with van der Waals surface area (Å²) in [6, 6.07) is 22.2. The number of rotatable bonds is 10. The summed E-state index contributed by atoms with van der Waals surface area (Å²) in [7, 11) is 1.60. The Hall–Kier alpha value is -3.90. The number of amides is 1. The number of likely N-dealkylation sites (tertiary alicyclic amines) is 1. The fraction of sp³-hybridized carbons (Fsp3) is 0.312. The van der Waals surface area contributed by atoms with Gasteiger partial charge in [0.15, 0.2) is 0 Å². The van der Waals surface area contributed by atoms with E-state index in [1.165, 1.54) is 10.5 Å². The van der Waals surface area contributed by atoms with E-state index in [-0.39, 0.29) is 11.3 Å². The minimum absolute atomic E-state index is 0.0955. The number of carbonyl (C=O) groups is 2. The van der Waals surface area contributed by atoms with Crippen molar-refractivity contribution in [1.82, 2.24) is 4.90 Å². The van der Waals surface area contributed by atoms with E-state index in [1.807, 2.05) is 49.4 Å². The van der Waals surface area contributed by atoms with Gasteiger partial charge in [0, 0.05) is 25.8 Å². The lowest BCUT2D eigenvalue weighted by molar-refractivity contribution is -0.140. The number of Topliss-reactive ketones (excluding diaryl/α,β-unsaturated/α-hetero) is 1. The summed E-state index contributed by atoms with van der Waals surface area (Å²) < 4.78 is 11.1. The summed E-state index contributed by atoms with van der Waals surface area (Å²) in [6.07, 6.45) is 0.580. The van der Waals surface area contributed by atoms with E-state index in [4.69, 9.17) is 9.47 Å². The second-order valence-corrected chi connectivity index (χ2v) is 9.96. The Kier molecular flexibility index (Phi) is 8.64. The number of aliphatic hydroxyl groups excluding tert-OH is 1. The first-order chi connectivity index (χ1) is 18.3. The molecule has 0 spiro atoms.